The molecule has 2 N–H and O–H groups in total. The molecule has 0 spiro atoms. The summed E-state index contributed by atoms with van der Waals surface area (Å²) < 4.78 is 0. The van der Waals surface area contributed by atoms with Crippen LogP contribution in [-0.4, -0.2) is 17.1 Å². The van der Waals surface area contributed by atoms with E-state index in [1.54, 1.807) is 0 Å². The second-order valence-corrected chi connectivity index (χ2v) is 3.54. The molecule has 0 fully saturated rings. The van der Waals surface area contributed by atoms with Crippen LogP contribution in [0.15, 0.2) is 18.2 Å². The lowest BCUT2D eigenvalue weighted by atomic mass is 10.0. The van der Waals surface area contributed by atoms with Crippen molar-refractivity contribution in [3.8, 4) is 0 Å². The number of aryl methyl sites for hydroxylation is 1. The molecule has 0 unspecified atom stereocenters. The first-order valence-electron chi connectivity index (χ1n) is 4.82. The summed E-state index contributed by atoms with van der Waals surface area (Å²) >= 11 is 0. The van der Waals surface area contributed by atoms with Crippen molar-refractivity contribution in [1.82, 2.24) is 0 Å². The highest BCUT2D eigenvalue weighted by Crippen LogP contribution is 2.29. The molecule has 1 aliphatic rings. The number of hydrogen-bond acceptors (Lipinski definition) is 2. The lowest BCUT2D eigenvalue weighted by Crippen LogP contribution is -2.26. The van der Waals surface area contributed by atoms with E-state index >= 15 is 0 Å². The van der Waals surface area contributed by atoms with E-state index in [0.29, 0.717) is 6.42 Å². The predicted octanol–water partition coefficient (Wildman–Crippen LogP) is 1.67. The maximum atomic E-state index is 10.8. The third kappa shape index (κ3) is 1.35. The number of nitrogens with one attached hydrogen (secondary N) is 1. The van der Waals surface area contributed by atoms with Crippen molar-refractivity contribution >= 4 is 11.7 Å². The number of benzene rings is 1. The first-order chi connectivity index (χ1) is 6.72. The summed E-state index contributed by atoms with van der Waals surface area (Å²) in [6.07, 6.45) is 1.56. The molecular formula is C11H13NO2. The van der Waals surface area contributed by atoms with Crippen LogP contribution in [0.3, 0.4) is 0 Å². The number of carboxylic acids is 1. The molecule has 0 radical (unpaired) electrons. The Kier molecular flexibility index (Phi) is 2.15. The summed E-state index contributed by atoms with van der Waals surface area (Å²) in [6, 6.07) is 5.52. The number of fused-ring (bicyclic) bond motifs is 1. The minimum absolute atomic E-state index is 0.447. The predicted molar refractivity (Wildman–Crippen MR) is 54.6 cm³/mol. The van der Waals surface area contributed by atoms with Crippen LogP contribution in [0.2, 0.25) is 0 Å². The highest BCUT2D eigenvalue weighted by Gasteiger charge is 2.27. The second-order valence-electron chi connectivity index (χ2n) is 3.54. The van der Waals surface area contributed by atoms with Crippen LogP contribution < -0.4 is 5.32 Å². The molecule has 0 aliphatic carbocycles. The van der Waals surface area contributed by atoms with E-state index in [2.05, 4.69) is 18.3 Å². The topological polar surface area (TPSA) is 49.3 Å². The molecule has 0 bridgehead atoms. The summed E-state index contributed by atoms with van der Waals surface area (Å²) in [5.74, 6) is -0.775. The van der Waals surface area contributed by atoms with Gasteiger partial charge >= 0.3 is 5.97 Å². The fourth-order valence-electron chi connectivity index (χ4n) is 1.93. The third-order valence-corrected chi connectivity index (χ3v) is 2.69. The highest BCUT2D eigenvalue weighted by molar-refractivity contribution is 5.81. The second kappa shape index (κ2) is 3.33. The summed E-state index contributed by atoms with van der Waals surface area (Å²) in [5.41, 5.74) is 3.40. The maximum absolute atomic E-state index is 10.8. The number of rotatable bonds is 2. The highest BCUT2D eigenvalue weighted by atomic mass is 16.4. The van der Waals surface area contributed by atoms with Crippen LogP contribution >= 0.6 is 0 Å². The largest absolute Gasteiger partial charge is 0.480 e. The molecule has 74 valence electrons. The molecule has 3 heteroatoms. The number of aliphatic carboxylic acids is 1. The molecule has 14 heavy (non-hydrogen) atoms. The number of hydrogen-bond donors (Lipinski definition) is 2. The molecule has 2 rings (SSSR count). The normalized spacial score (nSPS) is 18.8. The molecule has 0 amide bonds. The quantitative estimate of drug-likeness (QED) is 0.747. The van der Waals surface area contributed by atoms with Crippen LogP contribution in [0.4, 0.5) is 5.69 Å². The third-order valence-electron chi connectivity index (χ3n) is 2.69. The summed E-state index contributed by atoms with van der Waals surface area (Å²) in [7, 11) is 0. The van der Waals surface area contributed by atoms with E-state index in [4.69, 9.17) is 5.11 Å². The van der Waals surface area contributed by atoms with Gasteiger partial charge < -0.3 is 10.4 Å². The van der Waals surface area contributed by atoms with Crippen LogP contribution in [-0.2, 0) is 17.6 Å². The maximum Gasteiger partial charge on any atom is 0.326 e. The zero-order valence-electron chi connectivity index (χ0n) is 8.08. The van der Waals surface area contributed by atoms with Gasteiger partial charge in [-0.1, -0.05) is 19.1 Å². The van der Waals surface area contributed by atoms with Crippen molar-refractivity contribution in [2.24, 2.45) is 0 Å². The van der Waals surface area contributed by atoms with Crippen LogP contribution in [0.1, 0.15) is 18.1 Å². The van der Waals surface area contributed by atoms with Gasteiger partial charge in [-0.2, -0.15) is 0 Å². The fourth-order valence-corrected chi connectivity index (χ4v) is 1.93. The van der Waals surface area contributed by atoms with Gasteiger partial charge in [0.1, 0.15) is 6.04 Å². The van der Waals surface area contributed by atoms with Crippen LogP contribution in [0.5, 0.6) is 0 Å². The molecule has 3 nitrogen and oxygen atoms in total. The van der Waals surface area contributed by atoms with Gasteiger partial charge in [0, 0.05) is 12.1 Å². The number of anilines is 1. The minimum Gasteiger partial charge on any atom is -0.480 e. The first kappa shape index (κ1) is 9.06. The number of carbonyl (C=O) groups is 1. The Morgan fingerprint density at radius 3 is 3.07 bits per heavy atom. The Morgan fingerprint density at radius 2 is 2.43 bits per heavy atom. The lowest BCUT2D eigenvalue weighted by Gasteiger charge is -2.03. The standard InChI is InChI=1S/C11H13NO2/c1-2-7-4-3-5-9-8(7)6-10(12-9)11(13)14/h3-5,10,12H,2,6H2,1H3,(H,13,14)/t10-/m1/s1. The van der Waals surface area contributed by atoms with Gasteiger partial charge in [0.05, 0.1) is 0 Å². The van der Waals surface area contributed by atoms with Gasteiger partial charge in [0.2, 0.25) is 0 Å². The van der Waals surface area contributed by atoms with Gasteiger partial charge in [0.25, 0.3) is 0 Å². The van der Waals surface area contributed by atoms with E-state index in [9.17, 15) is 4.79 Å². The number of carboxylic acid groups (broad SMARTS) is 1. The van der Waals surface area contributed by atoms with E-state index in [-0.39, 0.29) is 0 Å². The monoisotopic (exact) mass is 191 g/mol. The molecule has 1 aromatic rings. The molecule has 0 saturated heterocycles. The van der Waals surface area contributed by atoms with Gasteiger partial charge in [-0.3, -0.25) is 0 Å². The van der Waals surface area contributed by atoms with Gasteiger partial charge in [-0.05, 0) is 23.6 Å². The lowest BCUT2D eigenvalue weighted by molar-refractivity contribution is -0.137. The average Bonchev–Trinajstić information content (AvgIpc) is 2.60. The fraction of sp³-hybridized carbons (Fsp3) is 0.364. The van der Waals surface area contributed by atoms with Crippen molar-refractivity contribution in [3.63, 3.8) is 0 Å². The molecule has 1 heterocycles. The Labute approximate surface area is 82.8 Å². The van der Waals surface area contributed by atoms with Gasteiger partial charge in [-0.25, -0.2) is 4.79 Å². The van der Waals surface area contributed by atoms with E-state index in [1.165, 1.54) is 11.1 Å². The molecule has 0 aromatic heterocycles. The summed E-state index contributed by atoms with van der Waals surface area (Å²) in [4.78, 5) is 10.8. The molecular weight excluding hydrogens is 178 g/mol. The smallest absolute Gasteiger partial charge is 0.326 e. The van der Waals surface area contributed by atoms with Gasteiger partial charge in [0.15, 0.2) is 0 Å². The Balaban J connectivity index is 2.34. The van der Waals surface area contributed by atoms with Crippen molar-refractivity contribution in [3.05, 3.63) is 29.3 Å². The zero-order valence-corrected chi connectivity index (χ0v) is 8.08. The van der Waals surface area contributed by atoms with Gasteiger partial charge in [-0.15, -0.1) is 0 Å². The molecule has 1 atom stereocenters. The Morgan fingerprint density at radius 1 is 1.64 bits per heavy atom. The summed E-state index contributed by atoms with van der Waals surface area (Å²) in [6.45, 7) is 2.09. The first-order valence-corrected chi connectivity index (χ1v) is 4.82. The molecule has 0 saturated carbocycles. The van der Waals surface area contributed by atoms with E-state index in [0.717, 1.165) is 12.1 Å². The summed E-state index contributed by atoms with van der Waals surface area (Å²) in [5, 5.41) is 11.9. The minimum atomic E-state index is -0.775. The SMILES string of the molecule is CCc1cccc2c1C[C@H](C(=O)O)N2. The molecule has 1 aromatic carbocycles. The van der Waals surface area contributed by atoms with E-state index < -0.39 is 12.0 Å². The Bertz CT molecular complexity index is 374. The average molecular weight is 191 g/mol. The molecule has 1 aliphatic heterocycles. The van der Waals surface area contributed by atoms with Crippen LogP contribution in [0, 0.1) is 0 Å². The van der Waals surface area contributed by atoms with Crippen molar-refractivity contribution in [2.45, 2.75) is 25.8 Å². The zero-order chi connectivity index (χ0) is 10.1. The van der Waals surface area contributed by atoms with Crippen molar-refractivity contribution < 1.29 is 9.90 Å². The van der Waals surface area contributed by atoms with Crippen molar-refractivity contribution in [1.29, 1.82) is 0 Å². The van der Waals surface area contributed by atoms with Crippen LogP contribution in [0.25, 0.3) is 0 Å². The van der Waals surface area contributed by atoms with E-state index in [1.807, 2.05) is 12.1 Å². The van der Waals surface area contributed by atoms with Crippen molar-refractivity contribution in [2.75, 3.05) is 5.32 Å². The Hall–Kier alpha value is -1.51.